The van der Waals surface area contributed by atoms with Crippen molar-refractivity contribution in [2.24, 2.45) is 5.92 Å². The van der Waals surface area contributed by atoms with E-state index in [9.17, 15) is 5.11 Å². The molecule has 3 aliphatic rings. The van der Waals surface area contributed by atoms with Gasteiger partial charge in [-0.2, -0.15) is 5.06 Å². The number of aliphatic hydroxyl groups excluding tert-OH is 1. The highest BCUT2D eigenvalue weighted by Gasteiger charge is 2.55. The van der Waals surface area contributed by atoms with E-state index in [1.807, 2.05) is 0 Å². The van der Waals surface area contributed by atoms with Crippen LogP contribution in [0, 0.1) is 5.92 Å². The van der Waals surface area contributed by atoms with Gasteiger partial charge in [0.2, 0.25) is 0 Å². The molecule has 3 nitrogen and oxygen atoms in total. The summed E-state index contributed by atoms with van der Waals surface area (Å²) in [6.45, 7) is 1.68. The van der Waals surface area contributed by atoms with Gasteiger partial charge in [0, 0.05) is 12.5 Å². The molecule has 2 saturated heterocycles. The molecule has 1 spiro atoms. The van der Waals surface area contributed by atoms with Gasteiger partial charge < -0.3 is 5.11 Å². The lowest BCUT2D eigenvalue weighted by Gasteiger charge is -2.47. The zero-order chi connectivity index (χ0) is 9.60. The van der Waals surface area contributed by atoms with Gasteiger partial charge in [-0.3, -0.25) is 4.84 Å². The predicted octanol–water partition coefficient (Wildman–Crippen LogP) is 1.32. The fourth-order valence-electron chi connectivity index (χ4n) is 3.63. The molecule has 0 amide bonds. The van der Waals surface area contributed by atoms with Crippen molar-refractivity contribution in [2.45, 2.75) is 50.2 Å². The Kier molecular flexibility index (Phi) is 2.08. The third-order valence-electron chi connectivity index (χ3n) is 4.41. The lowest BCUT2D eigenvalue weighted by Crippen LogP contribution is -2.56. The molecule has 0 aromatic rings. The molecule has 2 bridgehead atoms. The molecule has 2 heterocycles. The molecule has 3 rings (SSSR count). The molecule has 3 heteroatoms. The molecule has 1 N–H and O–H groups in total. The Bertz CT molecular complexity index is 225. The highest BCUT2D eigenvalue weighted by Crippen LogP contribution is 2.48. The molecule has 3 atom stereocenters. The number of piperidine rings is 1. The fourth-order valence-corrected chi connectivity index (χ4v) is 3.63. The maximum absolute atomic E-state index is 10.0. The molecular formula is C11H19NO2. The summed E-state index contributed by atoms with van der Waals surface area (Å²) < 4.78 is 0. The van der Waals surface area contributed by atoms with Crippen LogP contribution in [0.2, 0.25) is 0 Å². The number of hydrogen-bond acceptors (Lipinski definition) is 3. The zero-order valence-electron chi connectivity index (χ0n) is 8.61. The van der Waals surface area contributed by atoms with Crippen LogP contribution in [0.5, 0.6) is 0 Å². The maximum atomic E-state index is 10.0. The first kappa shape index (κ1) is 9.13. The number of hydrogen-bond donors (Lipinski definition) is 1. The van der Waals surface area contributed by atoms with Crippen LogP contribution in [0.15, 0.2) is 0 Å². The van der Waals surface area contributed by atoms with Gasteiger partial charge in [-0.05, 0) is 19.3 Å². The Balaban J connectivity index is 1.89. The van der Waals surface area contributed by atoms with E-state index < -0.39 is 0 Å². The van der Waals surface area contributed by atoms with E-state index in [1.165, 1.54) is 32.1 Å². The Labute approximate surface area is 85.0 Å². The van der Waals surface area contributed by atoms with Gasteiger partial charge in [0.1, 0.15) is 0 Å². The third-order valence-corrected chi connectivity index (χ3v) is 4.41. The van der Waals surface area contributed by atoms with Crippen LogP contribution in [-0.4, -0.2) is 35.0 Å². The number of rotatable bonds is 0. The van der Waals surface area contributed by atoms with E-state index in [0.717, 1.165) is 19.6 Å². The van der Waals surface area contributed by atoms with Crippen molar-refractivity contribution in [2.75, 3.05) is 13.2 Å². The van der Waals surface area contributed by atoms with E-state index in [2.05, 4.69) is 5.06 Å². The summed E-state index contributed by atoms with van der Waals surface area (Å²) in [6, 6.07) is 0. The lowest BCUT2D eigenvalue weighted by atomic mass is 9.69. The monoisotopic (exact) mass is 197 g/mol. The summed E-state index contributed by atoms with van der Waals surface area (Å²) >= 11 is 0. The van der Waals surface area contributed by atoms with Crippen LogP contribution in [0.25, 0.3) is 0 Å². The van der Waals surface area contributed by atoms with Gasteiger partial charge in [0.05, 0.1) is 18.2 Å². The number of nitrogens with zero attached hydrogens (tertiary/aromatic N) is 1. The summed E-state index contributed by atoms with van der Waals surface area (Å²) in [5.74, 6) is 0.386. The van der Waals surface area contributed by atoms with Gasteiger partial charge in [0.25, 0.3) is 0 Å². The Morgan fingerprint density at radius 1 is 1.21 bits per heavy atom. The van der Waals surface area contributed by atoms with Crippen LogP contribution in [0.4, 0.5) is 0 Å². The van der Waals surface area contributed by atoms with Gasteiger partial charge in [0.15, 0.2) is 0 Å². The van der Waals surface area contributed by atoms with Crippen molar-refractivity contribution in [1.29, 1.82) is 0 Å². The summed E-state index contributed by atoms with van der Waals surface area (Å²) in [6.07, 6.45) is 7.22. The van der Waals surface area contributed by atoms with E-state index in [4.69, 9.17) is 4.84 Å². The van der Waals surface area contributed by atoms with Crippen LogP contribution >= 0.6 is 0 Å². The average molecular weight is 197 g/mol. The third kappa shape index (κ3) is 1.09. The first-order valence-corrected chi connectivity index (χ1v) is 5.91. The fraction of sp³-hybridized carbons (Fsp3) is 1.00. The van der Waals surface area contributed by atoms with Gasteiger partial charge >= 0.3 is 0 Å². The topological polar surface area (TPSA) is 32.7 Å². The van der Waals surface area contributed by atoms with Crippen LogP contribution in [0.1, 0.15) is 38.5 Å². The second kappa shape index (κ2) is 3.19. The molecule has 1 aliphatic carbocycles. The smallest absolute Gasteiger partial charge is 0.0756 e. The standard InChI is InChI=1S/C11H19NO2/c13-10-4-7-12-11(9(10)8-14-12)5-2-1-3-6-11/h9-10,13H,1-8H2/t9-,10-/m0/s1. The first-order chi connectivity index (χ1) is 6.83. The second-order valence-electron chi connectivity index (χ2n) is 5.02. The van der Waals surface area contributed by atoms with E-state index in [0.29, 0.717) is 5.92 Å². The molecule has 0 aromatic heterocycles. The highest BCUT2D eigenvalue weighted by molar-refractivity contribution is 5.04. The first-order valence-electron chi connectivity index (χ1n) is 5.91. The summed E-state index contributed by atoms with van der Waals surface area (Å²) in [4.78, 5) is 5.71. The van der Waals surface area contributed by atoms with Crippen LogP contribution in [-0.2, 0) is 4.84 Å². The largest absolute Gasteiger partial charge is 0.393 e. The normalized spacial score (nSPS) is 45.6. The minimum atomic E-state index is -0.119. The van der Waals surface area contributed by atoms with Crippen molar-refractivity contribution >= 4 is 0 Å². The molecule has 14 heavy (non-hydrogen) atoms. The molecule has 0 radical (unpaired) electrons. The molecule has 80 valence electrons. The second-order valence-corrected chi connectivity index (χ2v) is 5.02. The maximum Gasteiger partial charge on any atom is 0.0756 e. The van der Waals surface area contributed by atoms with Crippen molar-refractivity contribution < 1.29 is 9.94 Å². The van der Waals surface area contributed by atoms with Crippen molar-refractivity contribution in [3.8, 4) is 0 Å². The quantitative estimate of drug-likeness (QED) is 0.635. The van der Waals surface area contributed by atoms with E-state index in [-0.39, 0.29) is 11.6 Å². The van der Waals surface area contributed by atoms with Crippen LogP contribution in [0.3, 0.4) is 0 Å². The molecule has 0 aromatic carbocycles. The molecule has 3 fully saturated rings. The Hall–Kier alpha value is -0.120. The number of hydroxylamine groups is 2. The van der Waals surface area contributed by atoms with Gasteiger partial charge in [-0.1, -0.05) is 19.3 Å². The minimum absolute atomic E-state index is 0.119. The molecule has 2 aliphatic heterocycles. The summed E-state index contributed by atoms with van der Waals surface area (Å²) in [5.41, 5.74) is 0.218. The predicted molar refractivity (Wildman–Crippen MR) is 52.6 cm³/mol. The SMILES string of the molecule is O[C@H]1CCN2OC[C@@H]1C21CCCCC1. The lowest BCUT2D eigenvalue weighted by molar-refractivity contribution is -0.188. The zero-order valence-corrected chi connectivity index (χ0v) is 8.61. The van der Waals surface area contributed by atoms with Crippen molar-refractivity contribution in [3.63, 3.8) is 0 Å². The Morgan fingerprint density at radius 2 is 2.00 bits per heavy atom. The molecule has 1 saturated carbocycles. The van der Waals surface area contributed by atoms with Gasteiger partial charge in [-0.15, -0.1) is 0 Å². The van der Waals surface area contributed by atoms with E-state index >= 15 is 0 Å². The average Bonchev–Trinajstić information content (AvgIpc) is 2.42. The van der Waals surface area contributed by atoms with E-state index in [1.54, 1.807) is 0 Å². The molecular weight excluding hydrogens is 178 g/mol. The van der Waals surface area contributed by atoms with Crippen molar-refractivity contribution in [1.82, 2.24) is 5.06 Å². The molecule has 1 unspecified atom stereocenters. The Morgan fingerprint density at radius 3 is 2.79 bits per heavy atom. The van der Waals surface area contributed by atoms with Gasteiger partial charge in [-0.25, -0.2) is 0 Å². The van der Waals surface area contributed by atoms with Crippen LogP contribution < -0.4 is 0 Å². The summed E-state index contributed by atoms with van der Waals surface area (Å²) in [5, 5.41) is 12.2. The number of aliphatic hydroxyl groups is 1. The van der Waals surface area contributed by atoms with Crippen molar-refractivity contribution in [3.05, 3.63) is 0 Å². The summed E-state index contributed by atoms with van der Waals surface area (Å²) in [7, 11) is 0. The minimum Gasteiger partial charge on any atom is -0.393 e. The highest BCUT2D eigenvalue weighted by atomic mass is 16.7.